The van der Waals surface area contributed by atoms with Crippen molar-refractivity contribution in [3.8, 4) is 17.4 Å². The molecule has 0 spiro atoms. The molecule has 31 heavy (non-hydrogen) atoms. The summed E-state index contributed by atoms with van der Waals surface area (Å²) in [5.41, 5.74) is 5.98. The zero-order chi connectivity index (χ0) is 22.2. The molecule has 0 saturated carbocycles. The quantitative estimate of drug-likeness (QED) is 0.281. The monoisotopic (exact) mass is 419 g/mol. The fourth-order valence-corrected chi connectivity index (χ4v) is 3.21. The number of aryl methyl sites for hydroxylation is 1. The lowest BCUT2D eigenvalue weighted by atomic mass is 10.0. The molecular weight excluding hydrogens is 390 g/mol. The van der Waals surface area contributed by atoms with E-state index in [1.807, 2.05) is 50.2 Å². The Morgan fingerprint density at radius 2 is 1.94 bits per heavy atom. The van der Waals surface area contributed by atoms with Crippen LogP contribution >= 0.6 is 0 Å². The number of benzene rings is 2. The topological polar surface area (TPSA) is 76.0 Å². The second-order valence-electron chi connectivity index (χ2n) is 7.51. The van der Waals surface area contributed by atoms with E-state index in [0.717, 1.165) is 16.9 Å². The van der Waals surface area contributed by atoms with Gasteiger partial charge in [0.05, 0.1) is 18.7 Å². The molecule has 0 aliphatic rings. The van der Waals surface area contributed by atoms with Crippen LogP contribution in [0.1, 0.15) is 48.9 Å². The van der Waals surface area contributed by atoms with Crippen LogP contribution in [0.5, 0.6) is 17.4 Å². The fourth-order valence-electron chi connectivity index (χ4n) is 3.21. The summed E-state index contributed by atoms with van der Waals surface area (Å²) in [6.07, 6.45) is 1.65. The van der Waals surface area contributed by atoms with Crippen LogP contribution in [0.15, 0.2) is 65.8 Å². The van der Waals surface area contributed by atoms with E-state index in [1.165, 1.54) is 5.56 Å². The number of aromatic nitrogens is 1. The molecule has 6 heteroatoms. The third-order valence-electron chi connectivity index (χ3n) is 4.77. The normalized spacial score (nSPS) is 11.5. The highest BCUT2D eigenvalue weighted by Crippen LogP contribution is 2.28. The van der Waals surface area contributed by atoms with Crippen molar-refractivity contribution >= 4 is 5.84 Å². The van der Waals surface area contributed by atoms with Gasteiger partial charge < -0.3 is 9.47 Å². The summed E-state index contributed by atoms with van der Waals surface area (Å²) >= 11 is 0. The Morgan fingerprint density at radius 3 is 2.68 bits per heavy atom. The summed E-state index contributed by atoms with van der Waals surface area (Å²) in [6, 6.07) is 17.4. The van der Waals surface area contributed by atoms with Gasteiger partial charge in [0.1, 0.15) is 11.5 Å². The zero-order valence-corrected chi connectivity index (χ0v) is 18.4. The minimum atomic E-state index is 0.270. The highest BCUT2D eigenvalue weighted by atomic mass is 16.5. The number of rotatable bonds is 8. The van der Waals surface area contributed by atoms with E-state index in [2.05, 4.69) is 35.4 Å². The lowest BCUT2D eigenvalue weighted by Crippen LogP contribution is -2.21. The molecule has 0 fully saturated rings. The lowest BCUT2D eigenvalue weighted by molar-refractivity contribution is 0.234. The van der Waals surface area contributed by atoms with Crippen LogP contribution in [0, 0.1) is 6.92 Å². The van der Waals surface area contributed by atoms with Crippen LogP contribution in [0.4, 0.5) is 0 Å². The molecule has 2 aromatic carbocycles. The Balaban J connectivity index is 1.90. The van der Waals surface area contributed by atoms with E-state index in [1.54, 1.807) is 18.3 Å². The number of aliphatic imine (C=N–C) groups is 1. The second kappa shape index (κ2) is 10.6. The van der Waals surface area contributed by atoms with E-state index < -0.39 is 0 Å². The highest BCUT2D eigenvalue weighted by molar-refractivity contribution is 6.00. The maximum absolute atomic E-state index is 9.79. The average Bonchev–Trinajstić information content (AvgIpc) is 2.76. The number of hydrogen-bond acceptors (Lipinski definition) is 5. The third kappa shape index (κ3) is 5.83. The molecular formula is C25H29N3O3. The van der Waals surface area contributed by atoms with E-state index in [0.29, 0.717) is 36.3 Å². The molecule has 0 aliphatic carbocycles. The average molecular weight is 420 g/mol. The van der Waals surface area contributed by atoms with Crippen molar-refractivity contribution in [3.05, 3.63) is 83.0 Å². The number of ether oxygens (including phenoxy) is 2. The van der Waals surface area contributed by atoms with Gasteiger partial charge in [0.2, 0.25) is 5.88 Å². The Bertz CT molecular complexity index is 1050. The fraction of sp³-hybridized carbons (Fsp3) is 0.280. The van der Waals surface area contributed by atoms with Gasteiger partial charge in [-0.15, -0.1) is 0 Å². The second-order valence-corrected chi connectivity index (χ2v) is 7.51. The summed E-state index contributed by atoms with van der Waals surface area (Å²) in [7, 11) is 0. The Kier molecular flexibility index (Phi) is 7.62. The number of amidine groups is 1. The van der Waals surface area contributed by atoms with E-state index in [4.69, 9.17) is 9.47 Å². The number of hydrogen-bond donors (Lipinski definition) is 2. The smallest absolute Gasteiger partial charge is 0.230 e. The first-order valence-electron chi connectivity index (χ1n) is 10.4. The molecule has 0 amide bonds. The number of hydroxylamine groups is 1. The van der Waals surface area contributed by atoms with E-state index >= 15 is 0 Å². The maximum atomic E-state index is 9.79. The predicted molar refractivity (Wildman–Crippen MR) is 122 cm³/mol. The van der Waals surface area contributed by atoms with Crippen LogP contribution in [0.2, 0.25) is 0 Å². The number of para-hydroxylation sites is 1. The number of pyridine rings is 1. The molecule has 0 bridgehead atoms. The highest BCUT2D eigenvalue weighted by Gasteiger charge is 2.14. The summed E-state index contributed by atoms with van der Waals surface area (Å²) in [4.78, 5) is 8.92. The Labute approximate surface area is 183 Å². The summed E-state index contributed by atoms with van der Waals surface area (Å²) in [6.45, 7) is 9.17. The van der Waals surface area contributed by atoms with Crippen LogP contribution in [0.25, 0.3) is 0 Å². The molecule has 2 N–H and O–H groups in total. The van der Waals surface area contributed by atoms with Crippen molar-refractivity contribution in [3.63, 3.8) is 0 Å². The molecule has 0 saturated heterocycles. The Morgan fingerprint density at radius 1 is 1.13 bits per heavy atom. The first-order chi connectivity index (χ1) is 15.0. The molecule has 3 aromatic rings. The lowest BCUT2D eigenvalue weighted by Gasteiger charge is -2.14. The molecule has 3 rings (SSSR count). The molecule has 0 radical (unpaired) electrons. The van der Waals surface area contributed by atoms with E-state index in [-0.39, 0.29) is 5.84 Å². The maximum Gasteiger partial charge on any atom is 0.230 e. The molecule has 0 unspecified atom stereocenters. The molecule has 1 heterocycles. The largest absolute Gasteiger partial charge is 0.494 e. The molecule has 0 aliphatic heterocycles. The van der Waals surface area contributed by atoms with Gasteiger partial charge in [0.25, 0.3) is 0 Å². The third-order valence-corrected chi connectivity index (χ3v) is 4.77. The van der Waals surface area contributed by atoms with Crippen LogP contribution in [-0.2, 0) is 6.54 Å². The SMILES string of the molecule is CCOc1ccccc1CN=C(NO)c1cccnc1Oc1cc(C)cc(C(C)C)c1. The molecule has 1 aromatic heterocycles. The summed E-state index contributed by atoms with van der Waals surface area (Å²) < 4.78 is 11.8. The number of nitrogens with one attached hydrogen (secondary N) is 1. The minimum Gasteiger partial charge on any atom is -0.494 e. The van der Waals surface area contributed by atoms with Crippen molar-refractivity contribution in [2.24, 2.45) is 4.99 Å². The van der Waals surface area contributed by atoms with Gasteiger partial charge in [0.15, 0.2) is 5.84 Å². The van der Waals surface area contributed by atoms with Gasteiger partial charge in [-0.25, -0.2) is 4.98 Å². The van der Waals surface area contributed by atoms with Crippen LogP contribution in [-0.4, -0.2) is 22.6 Å². The van der Waals surface area contributed by atoms with Gasteiger partial charge >= 0.3 is 0 Å². The predicted octanol–water partition coefficient (Wildman–Crippen LogP) is 5.63. The van der Waals surface area contributed by atoms with Crippen molar-refractivity contribution < 1.29 is 14.7 Å². The summed E-state index contributed by atoms with van der Waals surface area (Å²) in [5.74, 6) is 2.48. The minimum absolute atomic E-state index is 0.270. The van der Waals surface area contributed by atoms with Crippen LogP contribution in [0.3, 0.4) is 0 Å². The Hall–Kier alpha value is -3.38. The molecule has 0 atom stereocenters. The van der Waals surface area contributed by atoms with E-state index in [9.17, 15) is 5.21 Å². The van der Waals surface area contributed by atoms with Crippen molar-refractivity contribution in [2.75, 3.05) is 6.61 Å². The first kappa shape index (κ1) is 22.3. The summed E-state index contributed by atoms with van der Waals surface area (Å²) in [5, 5.41) is 9.79. The van der Waals surface area contributed by atoms with Gasteiger partial charge in [-0.2, -0.15) is 0 Å². The van der Waals surface area contributed by atoms with Gasteiger partial charge in [-0.05, 0) is 61.2 Å². The van der Waals surface area contributed by atoms with Crippen molar-refractivity contribution in [2.45, 2.75) is 40.2 Å². The van der Waals surface area contributed by atoms with Crippen LogP contribution < -0.4 is 15.0 Å². The zero-order valence-electron chi connectivity index (χ0n) is 18.4. The van der Waals surface area contributed by atoms with Gasteiger partial charge in [-0.3, -0.25) is 15.7 Å². The van der Waals surface area contributed by atoms with Gasteiger partial charge in [-0.1, -0.05) is 38.1 Å². The van der Waals surface area contributed by atoms with Crippen molar-refractivity contribution in [1.82, 2.24) is 10.5 Å². The number of nitrogens with zero attached hydrogens (tertiary/aromatic N) is 2. The van der Waals surface area contributed by atoms with Crippen molar-refractivity contribution in [1.29, 1.82) is 0 Å². The standard InChI is InChI=1S/C25H29N3O3/c1-5-30-23-11-7-6-9-19(23)16-27-24(28-29)22-10-8-12-26-25(22)31-21-14-18(4)13-20(15-21)17(2)3/h6-15,17,29H,5,16H2,1-4H3,(H,27,28). The molecule has 162 valence electrons. The first-order valence-corrected chi connectivity index (χ1v) is 10.4. The van der Waals surface area contributed by atoms with Gasteiger partial charge in [0, 0.05) is 11.8 Å². The molecule has 6 nitrogen and oxygen atoms in total.